The van der Waals surface area contributed by atoms with E-state index in [4.69, 9.17) is 5.73 Å². The van der Waals surface area contributed by atoms with E-state index in [1.165, 1.54) is 12.1 Å². The summed E-state index contributed by atoms with van der Waals surface area (Å²) in [4.78, 5) is -0.490. The standard InChI is InChI=1S/C13H19FN2O3S/c14-11-2-1-3-12(15)13(11)20(18,19)16-8-9-4-6-10(17)7-5-9/h1-3,9-10,16-17H,4-8,15H2. The number of halogens is 1. The number of hydrogen-bond donors (Lipinski definition) is 3. The smallest absolute Gasteiger partial charge is 0.245 e. The highest BCUT2D eigenvalue weighted by Gasteiger charge is 2.25. The summed E-state index contributed by atoms with van der Waals surface area (Å²) in [6.45, 7) is 0.239. The molecule has 1 saturated carbocycles. The van der Waals surface area contributed by atoms with Crippen molar-refractivity contribution in [3.63, 3.8) is 0 Å². The molecule has 0 atom stereocenters. The first-order valence-electron chi connectivity index (χ1n) is 6.62. The summed E-state index contributed by atoms with van der Waals surface area (Å²) >= 11 is 0. The largest absolute Gasteiger partial charge is 0.398 e. The third-order valence-electron chi connectivity index (χ3n) is 3.64. The number of benzene rings is 1. The monoisotopic (exact) mass is 302 g/mol. The fourth-order valence-electron chi connectivity index (χ4n) is 2.46. The van der Waals surface area contributed by atoms with Crippen molar-refractivity contribution in [2.45, 2.75) is 36.7 Å². The predicted molar refractivity (Wildman–Crippen MR) is 74.0 cm³/mol. The molecule has 0 unspecified atom stereocenters. The Morgan fingerprint density at radius 1 is 1.30 bits per heavy atom. The first-order valence-corrected chi connectivity index (χ1v) is 8.10. The topological polar surface area (TPSA) is 92.4 Å². The van der Waals surface area contributed by atoms with E-state index in [9.17, 15) is 17.9 Å². The van der Waals surface area contributed by atoms with Crippen LogP contribution in [0.15, 0.2) is 23.1 Å². The van der Waals surface area contributed by atoms with Gasteiger partial charge in [0.2, 0.25) is 10.0 Å². The van der Waals surface area contributed by atoms with E-state index in [1.807, 2.05) is 0 Å². The number of nitrogens with two attached hydrogens (primary N) is 1. The number of aliphatic hydroxyl groups excluding tert-OH is 1. The molecule has 2 rings (SSSR count). The molecule has 0 heterocycles. The van der Waals surface area contributed by atoms with Crippen molar-refractivity contribution in [1.29, 1.82) is 0 Å². The molecule has 1 aliphatic carbocycles. The Balaban J connectivity index is 2.05. The van der Waals surface area contributed by atoms with Gasteiger partial charge in [-0.05, 0) is 43.7 Å². The zero-order chi connectivity index (χ0) is 14.8. The van der Waals surface area contributed by atoms with Crippen molar-refractivity contribution in [3.8, 4) is 0 Å². The van der Waals surface area contributed by atoms with Gasteiger partial charge in [-0.1, -0.05) is 6.07 Å². The average Bonchev–Trinajstić information content (AvgIpc) is 2.37. The molecule has 0 amide bonds. The van der Waals surface area contributed by atoms with Gasteiger partial charge in [-0.25, -0.2) is 17.5 Å². The molecule has 7 heteroatoms. The Kier molecular flexibility index (Phi) is 4.62. The summed E-state index contributed by atoms with van der Waals surface area (Å²) in [7, 11) is -3.95. The minimum atomic E-state index is -3.95. The molecule has 0 bridgehead atoms. The number of nitrogens with one attached hydrogen (secondary N) is 1. The summed E-state index contributed by atoms with van der Waals surface area (Å²) in [6, 6.07) is 3.79. The van der Waals surface area contributed by atoms with Crippen LogP contribution in [0, 0.1) is 11.7 Å². The minimum Gasteiger partial charge on any atom is -0.398 e. The van der Waals surface area contributed by atoms with E-state index in [0.29, 0.717) is 12.8 Å². The number of hydrogen-bond acceptors (Lipinski definition) is 4. The van der Waals surface area contributed by atoms with Crippen molar-refractivity contribution < 1.29 is 17.9 Å². The van der Waals surface area contributed by atoms with Gasteiger partial charge in [0.05, 0.1) is 11.8 Å². The normalized spacial score (nSPS) is 23.7. The van der Waals surface area contributed by atoms with Gasteiger partial charge in [0.15, 0.2) is 0 Å². The fraction of sp³-hybridized carbons (Fsp3) is 0.538. The van der Waals surface area contributed by atoms with Crippen LogP contribution < -0.4 is 10.5 Å². The molecule has 112 valence electrons. The molecule has 1 aromatic rings. The van der Waals surface area contributed by atoms with Crippen LogP contribution in [0.2, 0.25) is 0 Å². The van der Waals surface area contributed by atoms with E-state index in [1.54, 1.807) is 0 Å². The van der Waals surface area contributed by atoms with Crippen molar-refractivity contribution in [3.05, 3.63) is 24.0 Å². The van der Waals surface area contributed by atoms with E-state index in [0.717, 1.165) is 18.9 Å². The molecule has 0 aliphatic heterocycles. The number of sulfonamides is 1. The summed E-state index contributed by atoms with van der Waals surface area (Å²) in [6.07, 6.45) is 2.58. The molecular weight excluding hydrogens is 283 g/mol. The molecular formula is C13H19FN2O3S. The fourth-order valence-corrected chi connectivity index (χ4v) is 3.76. The van der Waals surface area contributed by atoms with Gasteiger partial charge in [-0.15, -0.1) is 0 Å². The van der Waals surface area contributed by atoms with Crippen LogP contribution in [0.5, 0.6) is 0 Å². The third-order valence-corrected chi connectivity index (χ3v) is 5.16. The molecule has 5 nitrogen and oxygen atoms in total. The van der Waals surface area contributed by atoms with Gasteiger partial charge in [-0.3, -0.25) is 0 Å². The minimum absolute atomic E-state index is 0.100. The second-order valence-electron chi connectivity index (χ2n) is 5.18. The molecule has 20 heavy (non-hydrogen) atoms. The summed E-state index contributed by atoms with van der Waals surface area (Å²) in [5.74, 6) is -0.683. The second-order valence-corrected chi connectivity index (χ2v) is 6.89. The summed E-state index contributed by atoms with van der Waals surface area (Å²) < 4.78 is 40.2. The average molecular weight is 302 g/mol. The predicted octanol–water partition coefficient (Wildman–Crippen LogP) is 1.24. The van der Waals surface area contributed by atoms with Crippen LogP contribution in [0.25, 0.3) is 0 Å². The van der Waals surface area contributed by atoms with E-state index >= 15 is 0 Å². The number of rotatable bonds is 4. The van der Waals surface area contributed by atoms with E-state index < -0.39 is 20.7 Å². The van der Waals surface area contributed by atoms with Gasteiger partial charge in [0, 0.05) is 6.54 Å². The maximum absolute atomic E-state index is 13.6. The lowest BCUT2D eigenvalue weighted by Gasteiger charge is -2.25. The summed E-state index contributed by atoms with van der Waals surface area (Å²) in [5.41, 5.74) is 5.44. The first-order chi connectivity index (χ1) is 9.40. The van der Waals surface area contributed by atoms with Gasteiger partial charge in [0.25, 0.3) is 0 Å². The Bertz CT molecular complexity index is 549. The third kappa shape index (κ3) is 3.47. The Labute approximate surface area is 118 Å². The maximum Gasteiger partial charge on any atom is 0.245 e. The van der Waals surface area contributed by atoms with Gasteiger partial charge >= 0.3 is 0 Å². The molecule has 1 aliphatic rings. The van der Waals surface area contributed by atoms with Gasteiger partial charge < -0.3 is 10.8 Å². The highest BCUT2D eigenvalue weighted by molar-refractivity contribution is 7.89. The van der Waals surface area contributed by atoms with Crippen molar-refractivity contribution >= 4 is 15.7 Å². The van der Waals surface area contributed by atoms with Crippen molar-refractivity contribution in [2.24, 2.45) is 5.92 Å². The van der Waals surface area contributed by atoms with Crippen LogP contribution in [-0.4, -0.2) is 26.2 Å². The lowest BCUT2D eigenvalue weighted by molar-refractivity contribution is 0.109. The molecule has 4 N–H and O–H groups in total. The van der Waals surface area contributed by atoms with Crippen molar-refractivity contribution in [2.75, 3.05) is 12.3 Å². The van der Waals surface area contributed by atoms with E-state index in [2.05, 4.69) is 4.72 Å². The van der Waals surface area contributed by atoms with Crippen molar-refractivity contribution in [1.82, 2.24) is 4.72 Å². The highest BCUT2D eigenvalue weighted by Crippen LogP contribution is 2.25. The second kappa shape index (κ2) is 6.07. The van der Waals surface area contributed by atoms with Crippen LogP contribution in [0.3, 0.4) is 0 Å². The number of aliphatic hydroxyl groups is 1. The molecule has 1 aromatic carbocycles. The Hall–Kier alpha value is -1.18. The maximum atomic E-state index is 13.6. The van der Waals surface area contributed by atoms with E-state index in [-0.39, 0.29) is 24.3 Å². The van der Waals surface area contributed by atoms with Gasteiger partial charge in [-0.2, -0.15) is 0 Å². The van der Waals surface area contributed by atoms with Crippen LogP contribution in [-0.2, 0) is 10.0 Å². The van der Waals surface area contributed by atoms with Gasteiger partial charge in [0.1, 0.15) is 10.7 Å². The number of nitrogen functional groups attached to an aromatic ring is 1. The Morgan fingerprint density at radius 3 is 2.55 bits per heavy atom. The van der Waals surface area contributed by atoms with Crippen LogP contribution in [0.1, 0.15) is 25.7 Å². The lowest BCUT2D eigenvalue weighted by atomic mass is 9.88. The molecule has 0 radical (unpaired) electrons. The zero-order valence-corrected chi connectivity index (χ0v) is 11.9. The van der Waals surface area contributed by atoms with Crippen LogP contribution >= 0.6 is 0 Å². The molecule has 0 saturated heterocycles. The molecule has 1 fully saturated rings. The SMILES string of the molecule is Nc1cccc(F)c1S(=O)(=O)NCC1CCC(O)CC1. The number of anilines is 1. The highest BCUT2D eigenvalue weighted by atomic mass is 32.2. The Morgan fingerprint density at radius 2 is 1.95 bits per heavy atom. The zero-order valence-electron chi connectivity index (χ0n) is 11.0. The first kappa shape index (κ1) is 15.2. The lowest BCUT2D eigenvalue weighted by Crippen LogP contribution is -2.33. The molecule has 0 spiro atoms. The quantitative estimate of drug-likeness (QED) is 0.730. The molecule has 0 aromatic heterocycles. The summed E-state index contributed by atoms with van der Waals surface area (Å²) in [5, 5.41) is 9.40. The van der Waals surface area contributed by atoms with Crippen LogP contribution in [0.4, 0.5) is 10.1 Å².